The molecule has 0 saturated heterocycles. The fourth-order valence-corrected chi connectivity index (χ4v) is 3.33. The number of benzene rings is 1. The predicted octanol–water partition coefficient (Wildman–Crippen LogP) is 2.55. The molecule has 1 amide bonds. The predicted molar refractivity (Wildman–Crippen MR) is 80.7 cm³/mol. The third-order valence-corrected chi connectivity index (χ3v) is 4.54. The summed E-state index contributed by atoms with van der Waals surface area (Å²) in [5.41, 5.74) is 1.17. The molecule has 0 spiro atoms. The zero-order valence-corrected chi connectivity index (χ0v) is 12.6. The Morgan fingerprint density at radius 3 is 2.95 bits per heavy atom. The van der Waals surface area contributed by atoms with Crippen LogP contribution in [-0.4, -0.2) is 26.2 Å². The number of carbonyl (C=O) groups excluding carboxylic acids is 1. The molecule has 114 valence electrons. The fraction of sp³-hybridized carbons (Fsp3) is 0.588. The van der Waals surface area contributed by atoms with Gasteiger partial charge in [-0.25, -0.2) is 0 Å². The van der Waals surface area contributed by atoms with Crippen LogP contribution in [0.3, 0.4) is 0 Å². The van der Waals surface area contributed by atoms with Gasteiger partial charge in [0.1, 0.15) is 0 Å². The molecule has 4 nitrogen and oxygen atoms in total. The Balaban J connectivity index is 1.55. The maximum atomic E-state index is 12.1. The first-order valence-corrected chi connectivity index (χ1v) is 7.84. The van der Waals surface area contributed by atoms with Crippen LogP contribution in [0.4, 0.5) is 0 Å². The average molecular weight is 289 g/mol. The van der Waals surface area contributed by atoms with Crippen molar-refractivity contribution in [3.05, 3.63) is 23.8 Å². The summed E-state index contributed by atoms with van der Waals surface area (Å²) in [4.78, 5) is 12.1. The van der Waals surface area contributed by atoms with E-state index in [-0.39, 0.29) is 11.8 Å². The van der Waals surface area contributed by atoms with Crippen molar-refractivity contribution >= 4 is 5.91 Å². The zero-order chi connectivity index (χ0) is 14.7. The minimum absolute atomic E-state index is 0.226. The Morgan fingerprint density at radius 1 is 1.38 bits per heavy atom. The summed E-state index contributed by atoms with van der Waals surface area (Å²) >= 11 is 0. The van der Waals surface area contributed by atoms with E-state index in [9.17, 15) is 4.79 Å². The van der Waals surface area contributed by atoms with Crippen molar-refractivity contribution < 1.29 is 14.3 Å². The van der Waals surface area contributed by atoms with E-state index in [0.29, 0.717) is 19.1 Å². The first-order chi connectivity index (χ1) is 10.3. The lowest BCUT2D eigenvalue weighted by Gasteiger charge is -2.27. The first kappa shape index (κ1) is 14.2. The Morgan fingerprint density at radius 2 is 2.19 bits per heavy atom. The molecular formula is C17H23NO3. The summed E-state index contributed by atoms with van der Waals surface area (Å²) in [5, 5.41) is 3.10. The number of fused-ring (bicyclic) bond motifs is 1. The highest BCUT2D eigenvalue weighted by Crippen LogP contribution is 2.35. The van der Waals surface area contributed by atoms with Gasteiger partial charge in [-0.1, -0.05) is 25.0 Å². The van der Waals surface area contributed by atoms with Gasteiger partial charge in [0.05, 0.1) is 13.7 Å². The van der Waals surface area contributed by atoms with Crippen molar-refractivity contribution in [2.45, 2.75) is 32.1 Å². The van der Waals surface area contributed by atoms with E-state index >= 15 is 0 Å². The lowest BCUT2D eigenvalue weighted by molar-refractivity contribution is -0.125. The second-order valence-electron chi connectivity index (χ2n) is 6.06. The SMILES string of the molecule is COc1cccc2c1OCC(CNC(=O)C1CCCC1)C2. The number of rotatable bonds is 4. The molecule has 0 aromatic heterocycles. The van der Waals surface area contributed by atoms with Crippen LogP contribution in [0.15, 0.2) is 18.2 Å². The molecule has 0 radical (unpaired) electrons. The van der Waals surface area contributed by atoms with Crippen LogP contribution in [0.5, 0.6) is 11.5 Å². The molecule has 1 N–H and O–H groups in total. The van der Waals surface area contributed by atoms with Crippen molar-refractivity contribution in [3.63, 3.8) is 0 Å². The van der Waals surface area contributed by atoms with Crippen molar-refractivity contribution in [1.82, 2.24) is 5.32 Å². The van der Waals surface area contributed by atoms with Gasteiger partial charge in [-0.15, -0.1) is 0 Å². The molecule has 1 saturated carbocycles. The van der Waals surface area contributed by atoms with Gasteiger partial charge in [0.15, 0.2) is 11.5 Å². The van der Waals surface area contributed by atoms with E-state index < -0.39 is 0 Å². The maximum absolute atomic E-state index is 12.1. The van der Waals surface area contributed by atoms with Crippen LogP contribution < -0.4 is 14.8 Å². The minimum Gasteiger partial charge on any atom is -0.493 e. The topological polar surface area (TPSA) is 47.6 Å². The molecule has 1 aromatic rings. The molecule has 1 atom stereocenters. The van der Waals surface area contributed by atoms with Crippen LogP contribution in [0.2, 0.25) is 0 Å². The number of ether oxygens (including phenoxy) is 2. The second kappa shape index (κ2) is 6.37. The number of para-hydroxylation sites is 1. The molecule has 1 aromatic carbocycles. The fourth-order valence-electron chi connectivity index (χ4n) is 3.33. The molecule has 1 unspecified atom stereocenters. The standard InChI is InChI=1S/C17H23NO3/c1-20-15-8-4-7-14-9-12(11-21-16(14)15)10-18-17(19)13-5-2-3-6-13/h4,7-8,12-13H,2-3,5-6,9-11H2,1H3,(H,18,19). The van der Waals surface area contributed by atoms with Gasteiger partial charge in [-0.3, -0.25) is 4.79 Å². The van der Waals surface area contributed by atoms with Crippen molar-refractivity contribution in [3.8, 4) is 11.5 Å². The summed E-state index contributed by atoms with van der Waals surface area (Å²) in [7, 11) is 1.66. The van der Waals surface area contributed by atoms with Crippen LogP contribution in [-0.2, 0) is 11.2 Å². The summed E-state index contributed by atoms with van der Waals surface area (Å²) in [6, 6.07) is 5.98. The van der Waals surface area contributed by atoms with Gasteiger partial charge in [0.2, 0.25) is 5.91 Å². The summed E-state index contributed by atoms with van der Waals surface area (Å²) in [6.07, 6.45) is 5.41. The monoisotopic (exact) mass is 289 g/mol. The second-order valence-corrected chi connectivity index (χ2v) is 6.06. The Kier molecular flexibility index (Phi) is 4.32. The van der Waals surface area contributed by atoms with Crippen LogP contribution >= 0.6 is 0 Å². The maximum Gasteiger partial charge on any atom is 0.223 e. The van der Waals surface area contributed by atoms with Crippen LogP contribution in [0.25, 0.3) is 0 Å². The number of carbonyl (C=O) groups is 1. The van der Waals surface area contributed by atoms with Gasteiger partial charge < -0.3 is 14.8 Å². The van der Waals surface area contributed by atoms with E-state index in [1.807, 2.05) is 12.1 Å². The minimum atomic E-state index is 0.226. The van der Waals surface area contributed by atoms with Crippen molar-refractivity contribution in [2.24, 2.45) is 11.8 Å². The quantitative estimate of drug-likeness (QED) is 0.926. The third-order valence-electron chi connectivity index (χ3n) is 4.54. The number of methoxy groups -OCH3 is 1. The number of nitrogens with one attached hydrogen (secondary N) is 1. The van der Waals surface area contributed by atoms with E-state index in [1.54, 1.807) is 7.11 Å². The summed E-state index contributed by atoms with van der Waals surface area (Å²) in [5.74, 6) is 2.46. The zero-order valence-electron chi connectivity index (χ0n) is 12.6. The van der Waals surface area contributed by atoms with Crippen LogP contribution in [0.1, 0.15) is 31.2 Å². The highest BCUT2D eigenvalue weighted by Gasteiger charge is 2.26. The van der Waals surface area contributed by atoms with Gasteiger partial charge >= 0.3 is 0 Å². The molecule has 0 bridgehead atoms. The summed E-state index contributed by atoms with van der Waals surface area (Å²) < 4.78 is 11.2. The van der Waals surface area contributed by atoms with E-state index in [2.05, 4.69) is 11.4 Å². The van der Waals surface area contributed by atoms with E-state index in [0.717, 1.165) is 30.8 Å². The highest BCUT2D eigenvalue weighted by atomic mass is 16.5. The first-order valence-electron chi connectivity index (χ1n) is 7.84. The van der Waals surface area contributed by atoms with E-state index in [4.69, 9.17) is 9.47 Å². The number of hydrogen-bond acceptors (Lipinski definition) is 3. The molecule has 3 rings (SSSR count). The lowest BCUT2D eigenvalue weighted by Crippen LogP contribution is -2.37. The molecule has 1 aliphatic carbocycles. The Hall–Kier alpha value is -1.71. The van der Waals surface area contributed by atoms with Crippen LogP contribution in [0, 0.1) is 11.8 Å². The molecular weight excluding hydrogens is 266 g/mol. The number of amides is 1. The van der Waals surface area contributed by atoms with Gasteiger partial charge in [0.25, 0.3) is 0 Å². The normalized spacial score (nSPS) is 21.5. The highest BCUT2D eigenvalue weighted by molar-refractivity contribution is 5.78. The van der Waals surface area contributed by atoms with Gasteiger partial charge in [0, 0.05) is 18.4 Å². The summed E-state index contributed by atoms with van der Waals surface area (Å²) in [6.45, 7) is 1.34. The molecule has 21 heavy (non-hydrogen) atoms. The third kappa shape index (κ3) is 3.14. The smallest absolute Gasteiger partial charge is 0.223 e. The van der Waals surface area contributed by atoms with Crippen molar-refractivity contribution in [2.75, 3.05) is 20.3 Å². The van der Waals surface area contributed by atoms with Gasteiger partial charge in [-0.05, 0) is 30.9 Å². The molecule has 2 aliphatic rings. The van der Waals surface area contributed by atoms with E-state index in [1.165, 1.54) is 18.4 Å². The van der Waals surface area contributed by atoms with Gasteiger partial charge in [-0.2, -0.15) is 0 Å². The molecule has 1 fully saturated rings. The Bertz CT molecular complexity index is 509. The molecule has 1 aliphatic heterocycles. The average Bonchev–Trinajstić information content (AvgIpc) is 3.06. The van der Waals surface area contributed by atoms with Crippen molar-refractivity contribution in [1.29, 1.82) is 0 Å². The lowest BCUT2D eigenvalue weighted by atomic mass is 9.96. The number of hydrogen-bond donors (Lipinski definition) is 1. The molecule has 1 heterocycles. The molecule has 4 heteroatoms. The largest absolute Gasteiger partial charge is 0.493 e. The Labute approximate surface area is 125 Å².